The summed E-state index contributed by atoms with van der Waals surface area (Å²) < 4.78 is 0. The fraction of sp³-hybridized carbons (Fsp3) is 0.231. The minimum atomic E-state index is -0.205. The third-order valence-electron chi connectivity index (χ3n) is 3.12. The number of rotatable bonds is 2. The number of H-pyrrole nitrogens is 1. The van der Waals surface area contributed by atoms with Crippen LogP contribution >= 0.6 is 11.6 Å². The highest BCUT2D eigenvalue weighted by molar-refractivity contribution is 6.30. The molecule has 0 bridgehead atoms. The Labute approximate surface area is 115 Å². The van der Waals surface area contributed by atoms with Crippen molar-refractivity contribution in [3.05, 3.63) is 46.2 Å². The van der Waals surface area contributed by atoms with Crippen molar-refractivity contribution in [1.82, 2.24) is 15.5 Å². The van der Waals surface area contributed by atoms with E-state index in [9.17, 15) is 4.79 Å². The van der Waals surface area contributed by atoms with Gasteiger partial charge in [-0.2, -0.15) is 5.10 Å². The van der Waals surface area contributed by atoms with Gasteiger partial charge in [0.1, 0.15) is 0 Å². The molecule has 19 heavy (non-hydrogen) atoms. The minimum Gasteiger partial charge on any atom is -0.321 e. The van der Waals surface area contributed by atoms with Crippen LogP contribution in [0.5, 0.6) is 0 Å². The van der Waals surface area contributed by atoms with E-state index in [4.69, 9.17) is 11.6 Å². The molecular weight excluding hydrogens is 264 g/mol. The van der Waals surface area contributed by atoms with Crippen LogP contribution in [0.15, 0.2) is 24.3 Å². The van der Waals surface area contributed by atoms with Crippen molar-refractivity contribution in [2.24, 2.45) is 0 Å². The predicted molar refractivity (Wildman–Crippen MR) is 73.4 cm³/mol. The molecule has 3 rings (SSSR count). The van der Waals surface area contributed by atoms with Crippen molar-refractivity contribution in [2.75, 3.05) is 11.9 Å². The maximum atomic E-state index is 12.2. The van der Waals surface area contributed by atoms with Gasteiger partial charge in [0.2, 0.25) is 0 Å². The molecule has 0 spiro atoms. The summed E-state index contributed by atoms with van der Waals surface area (Å²) in [4.78, 5) is 12.2. The Balaban J connectivity index is 1.80. The molecule has 1 aromatic heterocycles. The molecule has 6 heteroatoms. The van der Waals surface area contributed by atoms with Crippen LogP contribution in [0.3, 0.4) is 0 Å². The molecule has 3 N–H and O–H groups in total. The highest BCUT2D eigenvalue weighted by Crippen LogP contribution is 2.18. The van der Waals surface area contributed by atoms with E-state index in [0.717, 1.165) is 24.2 Å². The number of hydrogen-bond acceptors (Lipinski definition) is 3. The van der Waals surface area contributed by atoms with E-state index in [1.807, 2.05) is 0 Å². The van der Waals surface area contributed by atoms with Gasteiger partial charge in [-0.3, -0.25) is 9.89 Å². The molecule has 0 fully saturated rings. The van der Waals surface area contributed by atoms with Gasteiger partial charge in [0.05, 0.1) is 0 Å². The molecule has 5 nitrogen and oxygen atoms in total. The lowest BCUT2D eigenvalue weighted by Crippen LogP contribution is -2.25. The van der Waals surface area contributed by atoms with Crippen LogP contribution in [0.1, 0.15) is 21.7 Å². The summed E-state index contributed by atoms with van der Waals surface area (Å²) >= 11 is 5.80. The number of carbonyl (C=O) groups is 1. The second-order valence-corrected chi connectivity index (χ2v) is 4.85. The largest absolute Gasteiger partial charge is 0.321 e. The number of benzene rings is 1. The summed E-state index contributed by atoms with van der Waals surface area (Å²) in [6.07, 6.45) is 0.872. The van der Waals surface area contributed by atoms with E-state index in [2.05, 4.69) is 20.8 Å². The number of halogens is 1. The van der Waals surface area contributed by atoms with Gasteiger partial charge < -0.3 is 10.6 Å². The second kappa shape index (κ2) is 5.03. The molecule has 2 heterocycles. The van der Waals surface area contributed by atoms with Crippen LogP contribution in [-0.2, 0) is 13.0 Å². The van der Waals surface area contributed by atoms with Gasteiger partial charge in [-0.25, -0.2) is 0 Å². The number of aromatic amines is 1. The van der Waals surface area contributed by atoms with Crippen LogP contribution in [0.2, 0.25) is 5.02 Å². The molecule has 1 amide bonds. The van der Waals surface area contributed by atoms with Crippen molar-refractivity contribution in [3.8, 4) is 0 Å². The Hall–Kier alpha value is -1.85. The second-order valence-electron chi connectivity index (χ2n) is 4.42. The summed E-state index contributed by atoms with van der Waals surface area (Å²) in [5, 5.41) is 13.7. The van der Waals surface area contributed by atoms with Gasteiger partial charge in [0.25, 0.3) is 5.91 Å². The fourth-order valence-electron chi connectivity index (χ4n) is 2.14. The molecule has 1 aromatic carbocycles. The monoisotopic (exact) mass is 276 g/mol. The third kappa shape index (κ3) is 2.47. The number of fused-ring (bicyclic) bond motifs is 1. The van der Waals surface area contributed by atoms with Crippen molar-refractivity contribution in [3.63, 3.8) is 0 Å². The van der Waals surface area contributed by atoms with Crippen molar-refractivity contribution >= 4 is 23.2 Å². The Bertz CT molecular complexity index is 606. The minimum absolute atomic E-state index is 0.205. The smallest absolute Gasteiger partial charge is 0.276 e. The molecule has 0 unspecified atom stereocenters. The number of aromatic nitrogens is 2. The summed E-state index contributed by atoms with van der Waals surface area (Å²) in [6.45, 7) is 1.59. The first-order chi connectivity index (χ1) is 9.24. The summed E-state index contributed by atoms with van der Waals surface area (Å²) in [7, 11) is 0. The molecule has 0 atom stereocenters. The summed E-state index contributed by atoms with van der Waals surface area (Å²) in [5.74, 6) is -0.205. The maximum Gasteiger partial charge on any atom is 0.276 e. The van der Waals surface area contributed by atoms with Gasteiger partial charge in [0.15, 0.2) is 5.69 Å². The molecule has 2 aromatic rings. The third-order valence-corrected chi connectivity index (χ3v) is 3.38. The molecule has 0 saturated carbocycles. The number of hydrogen-bond donors (Lipinski definition) is 3. The number of carbonyl (C=O) groups excluding carboxylic acids is 1. The number of anilines is 1. The van der Waals surface area contributed by atoms with Crippen LogP contribution in [0, 0.1) is 0 Å². The average Bonchev–Trinajstić information content (AvgIpc) is 2.85. The fourth-order valence-corrected chi connectivity index (χ4v) is 2.26. The normalized spacial score (nSPS) is 13.9. The lowest BCUT2D eigenvalue weighted by Gasteiger charge is -2.12. The van der Waals surface area contributed by atoms with Gasteiger partial charge in [-0.1, -0.05) is 11.6 Å². The average molecular weight is 277 g/mol. The highest BCUT2D eigenvalue weighted by Gasteiger charge is 2.21. The van der Waals surface area contributed by atoms with Crippen molar-refractivity contribution < 1.29 is 4.79 Å². The zero-order valence-electron chi connectivity index (χ0n) is 10.2. The number of nitrogens with one attached hydrogen (secondary N) is 3. The summed E-state index contributed by atoms with van der Waals surface area (Å²) in [5.41, 5.74) is 3.16. The highest BCUT2D eigenvalue weighted by atomic mass is 35.5. The Morgan fingerprint density at radius 1 is 1.32 bits per heavy atom. The molecule has 0 radical (unpaired) electrons. The van der Waals surface area contributed by atoms with Gasteiger partial charge >= 0.3 is 0 Å². The van der Waals surface area contributed by atoms with E-state index >= 15 is 0 Å². The molecule has 98 valence electrons. The first-order valence-electron chi connectivity index (χ1n) is 6.08. The standard InChI is InChI=1S/C13H13ClN4O/c14-8-1-3-9(4-2-8)16-13(19)12-10-7-15-6-5-11(10)17-18-12/h1-4,15H,5-7H2,(H,16,19)(H,17,18). The van der Waals surface area contributed by atoms with Gasteiger partial charge in [-0.15, -0.1) is 0 Å². The topological polar surface area (TPSA) is 69.8 Å². The van der Waals surface area contributed by atoms with E-state index in [-0.39, 0.29) is 5.91 Å². The lowest BCUT2D eigenvalue weighted by atomic mass is 10.1. The number of nitrogens with zero attached hydrogens (tertiary/aromatic N) is 1. The van der Waals surface area contributed by atoms with E-state index in [0.29, 0.717) is 22.9 Å². The number of amides is 1. The molecule has 0 aliphatic carbocycles. The van der Waals surface area contributed by atoms with Crippen molar-refractivity contribution in [1.29, 1.82) is 0 Å². The predicted octanol–water partition coefficient (Wildman–Crippen LogP) is 1.96. The molecule has 0 saturated heterocycles. The van der Waals surface area contributed by atoms with Crippen LogP contribution in [0.25, 0.3) is 0 Å². The van der Waals surface area contributed by atoms with Gasteiger partial charge in [-0.05, 0) is 24.3 Å². The van der Waals surface area contributed by atoms with E-state index in [1.54, 1.807) is 24.3 Å². The maximum absolute atomic E-state index is 12.2. The van der Waals surface area contributed by atoms with Crippen LogP contribution < -0.4 is 10.6 Å². The first-order valence-corrected chi connectivity index (χ1v) is 6.45. The van der Waals surface area contributed by atoms with Crippen molar-refractivity contribution in [2.45, 2.75) is 13.0 Å². The quantitative estimate of drug-likeness (QED) is 0.785. The first kappa shape index (κ1) is 12.2. The Morgan fingerprint density at radius 2 is 2.11 bits per heavy atom. The SMILES string of the molecule is O=C(Nc1ccc(Cl)cc1)c1n[nH]c2c1CNCC2. The zero-order valence-corrected chi connectivity index (χ0v) is 10.9. The zero-order chi connectivity index (χ0) is 13.2. The molecular formula is C13H13ClN4O. The van der Waals surface area contributed by atoms with E-state index in [1.165, 1.54) is 0 Å². The molecule has 1 aliphatic rings. The summed E-state index contributed by atoms with van der Waals surface area (Å²) in [6, 6.07) is 6.99. The molecule has 1 aliphatic heterocycles. The van der Waals surface area contributed by atoms with Crippen LogP contribution in [0.4, 0.5) is 5.69 Å². The van der Waals surface area contributed by atoms with Gasteiger partial charge in [0, 0.05) is 41.5 Å². The van der Waals surface area contributed by atoms with E-state index < -0.39 is 0 Å². The van der Waals surface area contributed by atoms with Crippen LogP contribution in [-0.4, -0.2) is 22.6 Å². The lowest BCUT2D eigenvalue weighted by molar-refractivity contribution is 0.102. The Kier molecular flexibility index (Phi) is 3.23. The Morgan fingerprint density at radius 3 is 2.89 bits per heavy atom.